The van der Waals surface area contributed by atoms with Crippen molar-refractivity contribution in [3.63, 3.8) is 0 Å². The van der Waals surface area contributed by atoms with Crippen LogP contribution in [0.15, 0.2) is 58.6 Å². The van der Waals surface area contributed by atoms with Gasteiger partial charge in [-0.2, -0.15) is 0 Å². The fourth-order valence-electron chi connectivity index (χ4n) is 1.26. The van der Waals surface area contributed by atoms with E-state index in [0.717, 1.165) is 22.3 Å². The molecule has 16 heavy (non-hydrogen) atoms. The first kappa shape index (κ1) is 11.0. The van der Waals surface area contributed by atoms with Gasteiger partial charge in [-0.15, -0.1) is 0 Å². The zero-order valence-corrected chi connectivity index (χ0v) is 10.1. The second kappa shape index (κ2) is 4.99. The van der Waals surface area contributed by atoms with Gasteiger partial charge in [-0.3, -0.25) is 0 Å². The number of hydrogen-bond acceptors (Lipinski definition) is 3. The van der Waals surface area contributed by atoms with Crippen molar-refractivity contribution in [2.45, 2.75) is 6.42 Å². The van der Waals surface area contributed by atoms with Crippen LogP contribution in [0.5, 0.6) is 5.88 Å². The molecule has 0 bridgehead atoms. The normalized spacial score (nSPS) is 15.1. The van der Waals surface area contributed by atoms with E-state index in [9.17, 15) is 0 Å². The van der Waals surface area contributed by atoms with Crippen LogP contribution in [0.2, 0.25) is 0 Å². The largest absolute Gasteiger partial charge is 0.439 e. The van der Waals surface area contributed by atoms with E-state index >= 15 is 0 Å². The van der Waals surface area contributed by atoms with Gasteiger partial charge in [0, 0.05) is 22.4 Å². The van der Waals surface area contributed by atoms with Gasteiger partial charge in [0.15, 0.2) is 0 Å². The summed E-state index contributed by atoms with van der Waals surface area (Å²) >= 11 is 3.36. The van der Waals surface area contributed by atoms with Crippen LogP contribution >= 0.6 is 15.9 Å². The highest BCUT2D eigenvalue weighted by Crippen LogP contribution is 2.18. The van der Waals surface area contributed by atoms with Gasteiger partial charge in [-0.1, -0.05) is 22.0 Å². The molecule has 1 heterocycles. The Kier molecular flexibility index (Phi) is 3.41. The van der Waals surface area contributed by atoms with Crippen molar-refractivity contribution in [2.24, 2.45) is 5.73 Å². The lowest BCUT2D eigenvalue weighted by Crippen LogP contribution is -1.94. The summed E-state index contributed by atoms with van der Waals surface area (Å²) in [5, 5.41) is 0. The number of hydrogen-bond donors (Lipinski definition) is 1. The summed E-state index contributed by atoms with van der Waals surface area (Å²) in [5.41, 5.74) is 6.42. The standard InChI is InChI=1S/C12H11BrN2O/c13-9-6-7-15-12(8-9)16-11-3-1-2-10(14)4-5-11/h2-8H,1,14H2. The van der Waals surface area contributed by atoms with Crippen molar-refractivity contribution >= 4 is 15.9 Å². The molecule has 0 radical (unpaired) electrons. The van der Waals surface area contributed by atoms with E-state index in [0.29, 0.717) is 5.88 Å². The molecular formula is C12H11BrN2O. The minimum absolute atomic E-state index is 0.561. The highest BCUT2D eigenvalue weighted by molar-refractivity contribution is 9.10. The molecular weight excluding hydrogens is 268 g/mol. The van der Waals surface area contributed by atoms with Gasteiger partial charge in [-0.25, -0.2) is 4.98 Å². The van der Waals surface area contributed by atoms with E-state index < -0.39 is 0 Å². The molecule has 0 aliphatic heterocycles. The van der Waals surface area contributed by atoms with Crippen molar-refractivity contribution in [1.82, 2.24) is 4.98 Å². The number of ether oxygens (including phenoxy) is 1. The van der Waals surface area contributed by atoms with E-state index in [1.54, 1.807) is 6.20 Å². The fraction of sp³-hybridized carbons (Fsp3) is 0.0833. The summed E-state index contributed by atoms with van der Waals surface area (Å²) in [7, 11) is 0. The van der Waals surface area contributed by atoms with Crippen molar-refractivity contribution in [3.8, 4) is 5.88 Å². The van der Waals surface area contributed by atoms with Gasteiger partial charge in [0.2, 0.25) is 5.88 Å². The quantitative estimate of drug-likeness (QED) is 0.905. The number of pyridine rings is 1. The van der Waals surface area contributed by atoms with Gasteiger partial charge < -0.3 is 10.5 Å². The number of rotatable bonds is 2. The molecule has 2 rings (SSSR count). The van der Waals surface area contributed by atoms with E-state index in [-0.39, 0.29) is 0 Å². The van der Waals surface area contributed by atoms with Crippen LogP contribution in [0.1, 0.15) is 6.42 Å². The molecule has 0 spiro atoms. The molecule has 82 valence electrons. The summed E-state index contributed by atoms with van der Waals surface area (Å²) in [6.07, 6.45) is 9.99. The lowest BCUT2D eigenvalue weighted by molar-refractivity contribution is 0.425. The average Bonchev–Trinajstić information content (AvgIpc) is 2.44. The molecule has 0 atom stereocenters. The molecule has 0 saturated heterocycles. The predicted molar refractivity (Wildman–Crippen MR) is 66.7 cm³/mol. The number of aromatic nitrogens is 1. The number of nitrogens with two attached hydrogens (primary N) is 1. The maximum atomic E-state index is 5.68. The Morgan fingerprint density at radius 1 is 1.31 bits per heavy atom. The predicted octanol–water partition coefficient (Wildman–Crippen LogP) is 2.91. The molecule has 0 unspecified atom stereocenters. The van der Waals surface area contributed by atoms with Crippen molar-refractivity contribution in [1.29, 1.82) is 0 Å². The zero-order valence-electron chi connectivity index (χ0n) is 8.56. The maximum Gasteiger partial charge on any atom is 0.220 e. The number of nitrogens with zero attached hydrogens (tertiary/aromatic N) is 1. The minimum Gasteiger partial charge on any atom is -0.439 e. The Hall–Kier alpha value is -1.55. The first-order chi connectivity index (χ1) is 7.74. The van der Waals surface area contributed by atoms with Gasteiger partial charge in [0.05, 0.1) is 0 Å². The van der Waals surface area contributed by atoms with Crippen LogP contribution in [0, 0.1) is 0 Å². The molecule has 3 nitrogen and oxygen atoms in total. The molecule has 1 aliphatic rings. The summed E-state index contributed by atoms with van der Waals surface area (Å²) in [4.78, 5) is 4.11. The van der Waals surface area contributed by atoms with Crippen molar-refractivity contribution in [2.75, 3.05) is 0 Å². The van der Waals surface area contributed by atoms with E-state index in [1.807, 2.05) is 36.4 Å². The smallest absolute Gasteiger partial charge is 0.220 e. The minimum atomic E-state index is 0.561. The highest BCUT2D eigenvalue weighted by atomic mass is 79.9. The highest BCUT2D eigenvalue weighted by Gasteiger charge is 2.01. The zero-order chi connectivity index (χ0) is 11.4. The second-order valence-electron chi connectivity index (χ2n) is 3.29. The molecule has 1 aromatic rings. The van der Waals surface area contributed by atoms with Crippen LogP contribution in [-0.4, -0.2) is 4.98 Å². The van der Waals surface area contributed by atoms with Crippen LogP contribution in [-0.2, 0) is 0 Å². The molecule has 1 aliphatic carbocycles. The fourth-order valence-corrected chi connectivity index (χ4v) is 1.58. The summed E-state index contributed by atoms with van der Waals surface area (Å²) in [6, 6.07) is 3.67. The summed E-state index contributed by atoms with van der Waals surface area (Å²) < 4.78 is 6.55. The molecule has 2 N–H and O–H groups in total. The Labute approximate surface area is 102 Å². The van der Waals surface area contributed by atoms with Gasteiger partial charge in [0.25, 0.3) is 0 Å². The molecule has 0 saturated carbocycles. The first-order valence-corrected chi connectivity index (χ1v) is 5.66. The van der Waals surface area contributed by atoms with Crippen LogP contribution < -0.4 is 10.5 Å². The summed E-state index contributed by atoms with van der Waals surface area (Å²) in [5.74, 6) is 1.31. The average molecular weight is 279 g/mol. The molecule has 0 amide bonds. The lowest BCUT2D eigenvalue weighted by atomic mass is 10.3. The Morgan fingerprint density at radius 3 is 3.00 bits per heavy atom. The third-order valence-corrected chi connectivity index (χ3v) is 2.53. The van der Waals surface area contributed by atoms with Gasteiger partial charge in [0.1, 0.15) is 5.76 Å². The van der Waals surface area contributed by atoms with E-state index in [1.165, 1.54) is 0 Å². The molecule has 0 fully saturated rings. The topological polar surface area (TPSA) is 48.1 Å². The number of allylic oxidation sites excluding steroid dienone is 4. The Bertz CT molecular complexity index is 478. The summed E-state index contributed by atoms with van der Waals surface area (Å²) in [6.45, 7) is 0. The second-order valence-corrected chi connectivity index (χ2v) is 4.21. The van der Waals surface area contributed by atoms with Crippen LogP contribution in [0.3, 0.4) is 0 Å². The van der Waals surface area contributed by atoms with Crippen LogP contribution in [0.25, 0.3) is 0 Å². The number of halogens is 1. The van der Waals surface area contributed by atoms with Crippen molar-refractivity contribution < 1.29 is 4.74 Å². The van der Waals surface area contributed by atoms with E-state index in [4.69, 9.17) is 10.5 Å². The third kappa shape index (κ3) is 2.97. The first-order valence-electron chi connectivity index (χ1n) is 4.87. The molecule has 4 heteroatoms. The Balaban J connectivity index is 2.11. The maximum absolute atomic E-state index is 5.68. The third-order valence-electron chi connectivity index (χ3n) is 2.03. The van der Waals surface area contributed by atoms with Crippen molar-refractivity contribution in [3.05, 3.63) is 58.6 Å². The molecule has 0 aromatic carbocycles. The van der Waals surface area contributed by atoms with Crippen LogP contribution in [0.4, 0.5) is 0 Å². The molecule has 1 aromatic heterocycles. The monoisotopic (exact) mass is 278 g/mol. The van der Waals surface area contributed by atoms with E-state index in [2.05, 4.69) is 20.9 Å². The lowest BCUT2D eigenvalue weighted by Gasteiger charge is -2.04. The van der Waals surface area contributed by atoms with Gasteiger partial charge in [-0.05, 0) is 30.7 Å². The SMILES string of the molecule is NC1=CCC=C(Oc2cc(Br)ccn2)C=C1. The Morgan fingerprint density at radius 2 is 2.19 bits per heavy atom. The van der Waals surface area contributed by atoms with Gasteiger partial charge >= 0.3 is 0 Å².